The van der Waals surface area contributed by atoms with Crippen LogP contribution in [-0.4, -0.2) is 40.6 Å². The van der Waals surface area contributed by atoms with Crippen molar-refractivity contribution in [2.75, 3.05) is 26.3 Å². The zero-order valence-corrected chi connectivity index (χ0v) is 19.6. The molecule has 3 aromatic rings. The Kier molecular flexibility index (Phi) is 7.82. The van der Waals surface area contributed by atoms with Gasteiger partial charge in [-0.1, -0.05) is 60.7 Å². The molecule has 0 atom stereocenters. The van der Waals surface area contributed by atoms with E-state index in [1.807, 2.05) is 36.4 Å². The lowest BCUT2D eigenvalue weighted by molar-refractivity contribution is -0.120. The third kappa shape index (κ3) is 6.15. The lowest BCUT2D eigenvalue weighted by Crippen LogP contribution is -2.31. The highest BCUT2D eigenvalue weighted by atomic mass is 32.2. The molecule has 178 valence electrons. The van der Waals surface area contributed by atoms with E-state index in [1.165, 1.54) is 23.3 Å². The van der Waals surface area contributed by atoms with Gasteiger partial charge in [-0.25, -0.2) is 13.1 Å². The number of nitrogens with one attached hydrogen (secondary N) is 2. The van der Waals surface area contributed by atoms with Crippen molar-refractivity contribution in [3.05, 3.63) is 90.0 Å². The van der Waals surface area contributed by atoms with Gasteiger partial charge in [0, 0.05) is 31.5 Å². The van der Waals surface area contributed by atoms with Crippen molar-refractivity contribution < 1.29 is 22.7 Å². The number of carbonyl (C=O) groups excluding carboxylic acids is 1. The highest BCUT2D eigenvalue weighted by molar-refractivity contribution is 7.89. The fourth-order valence-corrected chi connectivity index (χ4v) is 4.96. The number of rotatable bonds is 10. The molecule has 7 nitrogen and oxygen atoms in total. The highest BCUT2D eigenvalue weighted by Gasteiger charge is 2.19. The Morgan fingerprint density at radius 3 is 2.09 bits per heavy atom. The van der Waals surface area contributed by atoms with E-state index < -0.39 is 10.0 Å². The zero-order valence-electron chi connectivity index (χ0n) is 18.8. The maximum absolute atomic E-state index is 12.6. The van der Waals surface area contributed by atoms with Crippen LogP contribution in [0.1, 0.15) is 29.9 Å². The largest absolute Gasteiger partial charge is 0.486 e. The maximum atomic E-state index is 12.6. The van der Waals surface area contributed by atoms with Gasteiger partial charge < -0.3 is 14.8 Å². The molecule has 0 spiro atoms. The van der Waals surface area contributed by atoms with Gasteiger partial charge in [0.2, 0.25) is 15.9 Å². The van der Waals surface area contributed by atoms with Crippen LogP contribution in [-0.2, 0) is 14.8 Å². The number of fused-ring (bicyclic) bond motifs is 1. The minimum absolute atomic E-state index is 0.00338. The minimum Gasteiger partial charge on any atom is -0.486 e. The van der Waals surface area contributed by atoms with Gasteiger partial charge in [0.25, 0.3) is 0 Å². The van der Waals surface area contributed by atoms with E-state index in [0.717, 1.165) is 6.42 Å². The molecule has 4 rings (SSSR count). The molecule has 1 aliphatic rings. The number of ether oxygens (including phenoxy) is 2. The summed E-state index contributed by atoms with van der Waals surface area (Å²) in [5, 5.41) is 2.91. The van der Waals surface area contributed by atoms with Crippen molar-refractivity contribution >= 4 is 15.9 Å². The first kappa shape index (κ1) is 23.8. The van der Waals surface area contributed by atoms with Crippen molar-refractivity contribution in [1.29, 1.82) is 0 Å². The molecule has 2 N–H and O–H groups in total. The molecule has 0 fully saturated rings. The van der Waals surface area contributed by atoms with E-state index in [1.54, 1.807) is 6.07 Å². The second-order valence-corrected chi connectivity index (χ2v) is 9.73. The Bertz CT molecular complexity index is 1160. The van der Waals surface area contributed by atoms with E-state index in [4.69, 9.17) is 9.47 Å². The number of hydrogen-bond donors (Lipinski definition) is 2. The summed E-state index contributed by atoms with van der Waals surface area (Å²) in [6.07, 6.45) is 0.786. The molecule has 0 aliphatic carbocycles. The van der Waals surface area contributed by atoms with Crippen LogP contribution in [0.2, 0.25) is 0 Å². The summed E-state index contributed by atoms with van der Waals surface area (Å²) in [4.78, 5) is 12.4. The lowest BCUT2D eigenvalue weighted by Gasteiger charge is -2.19. The molecular weight excluding hydrogens is 452 g/mol. The maximum Gasteiger partial charge on any atom is 0.240 e. The average molecular weight is 481 g/mol. The first-order chi connectivity index (χ1) is 16.5. The third-order valence-electron chi connectivity index (χ3n) is 5.63. The van der Waals surface area contributed by atoms with E-state index >= 15 is 0 Å². The molecule has 0 saturated heterocycles. The molecule has 0 saturated carbocycles. The molecule has 0 unspecified atom stereocenters. The Balaban J connectivity index is 1.27. The standard InChI is InChI=1S/C26H28N2O5S/c29-26(14-16-28-34(30,31)22-11-12-24-25(19-22)33-18-17-32-24)27-15-13-23(20-7-3-1-4-8-20)21-9-5-2-6-10-21/h1-12,19,23,28H,13-18H2,(H,27,29). The number of amides is 1. The summed E-state index contributed by atoms with van der Waals surface area (Å²) in [6.45, 7) is 1.30. The van der Waals surface area contributed by atoms with Crippen molar-refractivity contribution in [3.8, 4) is 11.5 Å². The molecule has 1 aliphatic heterocycles. The number of sulfonamides is 1. The zero-order chi connectivity index (χ0) is 23.8. The molecule has 3 aromatic carbocycles. The summed E-state index contributed by atoms with van der Waals surface area (Å²) in [5.41, 5.74) is 2.38. The predicted molar refractivity (Wildman–Crippen MR) is 130 cm³/mol. The van der Waals surface area contributed by atoms with Gasteiger partial charge in [-0.15, -0.1) is 0 Å². The number of hydrogen-bond acceptors (Lipinski definition) is 5. The van der Waals surface area contributed by atoms with Crippen LogP contribution >= 0.6 is 0 Å². The van der Waals surface area contributed by atoms with Crippen LogP contribution in [0.3, 0.4) is 0 Å². The summed E-state index contributed by atoms with van der Waals surface area (Å²) >= 11 is 0. The quantitative estimate of drug-likeness (QED) is 0.464. The first-order valence-corrected chi connectivity index (χ1v) is 12.8. The van der Waals surface area contributed by atoms with Gasteiger partial charge in [0.1, 0.15) is 13.2 Å². The predicted octanol–water partition coefficient (Wildman–Crippen LogP) is 3.46. The van der Waals surface area contributed by atoms with Gasteiger partial charge in [-0.3, -0.25) is 4.79 Å². The van der Waals surface area contributed by atoms with Crippen LogP contribution < -0.4 is 19.5 Å². The summed E-state index contributed by atoms with van der Waals surface area (Å²) in [5.74, 6) is 0.883. The van der Waals surface area contributed by atoms with E-state index in [2.05, 4.69) is 34.3 Å². The SMILES string of the molecule is O=C(CCNS(=O)(=O)c1ccc2c(c1)OCCO2)NCCC(c1ccccc1)c1ccccc1. The van der Waals surface area contributed by atoms with Crippen LogP contribution in [0, 0.1) is 0 Å². The highest BCUT2D eigenvalue weighted by Crippen LogP contribution is 2.32. The lowest BCUT2D eigenvalue weighted by atomic mass is 9.88. The van der Waals surface area contributed by atoms with Crippen molar-refractivity contribution in [2.24, 2.45) is 0 Å². The van der Waals surface area contributed by atoms with Gasteiger partial charge in [0.15, 0.2) is 11.5 Å². The Hall–Kier alpha value is -3.36. The van der Waals surface area contributed by atoms with E-state index in [9.17, 15) is 13.2 Å². The normalized spacial score (nSPS) is 13.0. The molecule has 1 heterocycles. The van der Waals surface area contributed by atoms with E-state index in [-0.39, 0.29) is 29.7 Å². The first-order valence-electron chi connectivity index (χ1n) is 11.3. The molecule has 0 aromatic heterocycles. The molecular formula is C26H28N2O5S. The summed E-state index contributed by atoms with van der Waals surface area (Å²) in [7, 11) is -3.76. The molecule has 1 amide bonds. The van der Waals surface area contributed by atoms with Crippen LogP contribution in [0.25, 0.3) is 0 Å². The minimum atomic E-state index is -3.76. The fourth-order valence-electron chi connectivity index (χ4n) is 3.91. The van der Waals surface area contributed by atoms with Crippen molar-refractivity contribution in [3.63, 3.8) is 0 Å². The van der Waals surface area contributed by atoms with Gasteiger partial charge in [-0.05, 0) is 29.7 Å². The van der Waals surface area contributed by atoms with Crippen molar-refractivity contribution in [2.45, 2.75) is 23.7 Å². The van der Waals surface area contributed by atoms with Crippen LogP contribution in [0.5, 0.6) is 11.5 Å². The monoisotopic (exact) mass is 480 g/mol. The van der Waals surface area contributed by atoms with Crippen LogP contribution in [0.4, 0.5) is 0 Å². The summed E-state index contributed by atoms with van der Waals surface area (Å²) < 4.78 is 38.5. The van der Waals surface area contributed by atoms with E-state index in [0.29, 0.717) is 31.3 Å². The fraction of sp³-hybridized carbons (Fsp3) is 0.269. The molecule has 0 bridgehead atoms. The number of carbonyl (C=O) groups is 1. The summed E-state index contributed by atoms with van der Waals surface area (Å²) in [6, 6.07) is 24.8. The Labute approximate surface area is 200 Å². The van der Waals surface area contributed by atoms with Gasteiger partial charge >= 0.3 is 0 Å². The van der Waals surface area contributed by atoms with Gasteiger partial charge in [-0.2, -0.15) is 0 Å². The van der Waals surface area contributed by atoms with Crippen LogP contribution in [0.15, 0.2) is 83.8 Å². The second-order valence-electron chi connectivity index (χ2n) is 7.97. The second kappa shape index (κ2) is 11.2. The van der Waals surface area contributed by atoms with Gasteiger partial charge in [0.05, 0.1) is 4.90 Å². The molecule has 34 heavy (non-hydrogen) atoms. The Morgan fingerprint density at radius 2 is 1.44 bits per heavy atom. The smallest absolute Gasteiger partial charge is 0.240 e. The van der Waals surface area contributed by atoms with Crippen molar-refractivity contribution in [1.82, 2.24) is 10.0 Å². The topological polar surface area (TPSA) is 93.7 Å². The number of benzene rings is 3. The third-order valence-corrected chi connectivity index (χ3v) is 7.09. The molecule has 8 heteroatoms. The Morgan fingerprint density at radius 1 is 0.824 bits per heavy atom. The average Bonchev–Trinajstić information content (AvgIpc) is 2.87. The molecule has 0 radical (unpaired) electrons.